The number of Topliss-reactive ketones (excluding diaryl/α,β-unsaturated/α-hetero) is 1. The van der Waals surface area contributed by atoms with Gasteiger partial charge in [-0.15, -0.1) is 0 Å². The van der Waals surface area contributed by atoms with Crippen molar-refractivity contribution >= 4 is 34.9 Å². The maximum absolute atomic E-state index is 13.7. The van der Waals surface area contributed by atoms with E-state index in [-0.39, 0.29) is 11.8 Å². The molecule has 0 bridgehead atoms. The summed E-state index contributed by atoms with van der Waals surface area (Å²) in [5, 5.41) is 3.96. The number of carbonyl (C=O) groups excluding carboxylic acids is 1. The molecular weight excluding hydrogens is 442 g/mol. The predicted molar refractivity (Wildman–Crippen MR) is 141 cm³/mol. The molecule has 6 heteroatoms. The van der Waals surface area contributed by atoms with Gasteiger partial charge in [0.2, 0.25) is 0 Å². The van der Waals surface area contributed by atoms with Gasteiger partial charge in [-0.1, -0.05) is 50.2 Å². The standard InChI is InChI=1S/C28H29N3O2S/c1-28(2)25(17-20-12-14-24(33-3)15-13-20)31(27(34)30-22-9-5-4-6-10-22)19-21(26(28)32)18-23-11-7-8-16-29-23/h4-16,18,25H,17,19H2,1-3H3,(H,30,34)/b21-18+. The first-order chi connectivity index (χ1) is 16.4. The Hall–Kier alpha value is -3.51. The van der Waals surface area contributed by atoms with Gasteiger partial charge in [-0.3, -0.25) is 9.78 Å². The number of likely N-dealkylation sites (tertiary alicyclic amines) is 1. The molecule has 1 saturated heterocycles. The summed E-state index contributed by atoms with van der Waals surface area (Å²) in [5.41, 5.74) is 2.84. The van der Waals surface area contributed by atoms with Crippen LogP contribution in [0, 0.1) is 5.41 Å². The van der Waals surface area contributed by atoms with Crippen molar-refractivity contribution in [3.63, 3.8) is 0 Å². The van der Waals surface area contributed by atoms with Gasteiger partial charge < -0.3 is 15.0 Å². The van der Waals surface area contributed by atoms with E-state index in [1.54, 1.807) is 13.3 Å². The molecule has 3 aromatic rings. The van der Waals surface area contributed by atoms with Crippen molar-refractivity contribution in [3.05, 3.63) is 95.8 Å². The Bertz CT molecular complexity index is 1180. The van der Waals surface area contributed by atoms with Crippen molar-refractivity contribution in [2.75, 3.05) is 19.0 Å². The van der Waals surface area contributed by atoms with Crippen LogP contribution in [0.25, 0.3) is 6.08 Å². The molecule has 0 saturated carbocycles. The number of carbonyl (C=O) groups is 1. The van der Waals surface area contributed by atoms with Gasteiger partial charge in [0.05, 0.1) is 12.8 Å². The highest BCUT2D eigenvalue weighted by molar-refractivity contribution is 7.80. The highest BCUT2D eigenvalue weighted by Gasteiger charge is 2.46. The van der Waals surface area contributed by atoms with Crippen LogP contribution in [0.2, 0.25) is 0 Å². The zero-order valence-corrected chi connectivity index (χ0v) is 20.5. The number of benzene rings is 2. The molecule has 4 rings (SSSR count). The van der Waals surface area contributed by atoms with Gasteiger partial charge in [0, 0.05) is 35.5 Å². The molecule has 34 heavy (non-hydrogen) atoms. The Kier molecular flexibility index (Phi) is 7.08. The number of hydrogen-bond acceptors (Lipinski definition) is 4. The average Bonchev–Trinajstić information content (AvgIpc) is 2.85. The highest BCUT2D eigenvalue weighted by Crippen LogP contribution is 2.38. The summed E-state index contributed by atoms with van der Waals surface area (Å²) in [7, 11) is 1.66. The number of rotatable bonds is 5. The van der Waals surface area contributed by atoms with Crippen LogP contribution in [0.15, 0.2) is 84.6 Å². The van der Waals surface area contributed by atoms with Gasteiger partial charge in [-0.05, 0) is 66.7 Å². The Morgan fingerprint density at radius 2 is 1.82 bits per heavy atom. The SMILES string of the molecule is COc1ccc(CC2N(C(=S)Nc3ccccc3)C/C(=C\c3ccccn3)C(=O)C2(C)C)cc1. The minimum Gasteiger partial charge on any atom is -0.497 e. The summed E-state index contributed by atoms with van der Waals surface area (Å²) in [4.78, 5) is 20.2. The minimum atomic E-state index is -0.665. The summed E-state index contributed by atoms with van der Waals surface area (Å²) in [6.45, 7) is 4.43. The Balaban J connectivity index is 1.69. The van der Waals surface area contributed by atoms with Crippen molar-refractivity contribution in [2.24, 2.45) is 5.41 Å². The largest absolute Gasteiger partial charge is 0.497 e. The summed E-state index contributed by atoms with van der Waals surface area (Å²) in [6, 6.07) is 23.4. The van der Waals surface area contributed by atoms with Crippen LogP contribution in [-0.2, 0) is 11.2 Å². The lowest BCUT2D eigenvalue weighted by Gasteiger charge is -2.47. The van der Waals surface area contributed by atoms with Gasteiger partial charge in [0.25, 0.3) is 0 Å². The molecule has 5 nitrogen and oxygen atoms in total. The molecule has 1 N–H and O–H groups in total. The molecule has 2 heterocycles. The predicted octanol–water partition coefficient (Wildman–Crippen LogP) is 5.39. The van der Waals surface area contributed by atoms with E-state index < -0.39 is 5.41 Å². The number of methoxy groups -OCH3 is 1. The number of pyridine rings is 1. The number of nitrogens with zero attached hydrogens (tertiary/aromatic N) is 2. The normalized spacial score (nSPS) is 18.6. The molecule has 0 aliphatic carbocycles. The lowest BCUT2D eigenvalue weighted by atomic mass is 9.71. The van der Waals surface area contributed by atoms with Crippen LogP contribution in [-0.4, -0.2) is 40.5 Å². The summed E-state index contributed by atoms with van der Waals surface area (Å²) >= 11 is 5.89. The van der Waals surface area contributed by atoms with Crippen molar-refractivity contribution < 1.29 is 9.53 Å². The van der Waals surface area contributed by atoms with Crippen molar-refractivity contribution in [2.45, 2.75) is 26.3 Å². The number of ketones is 1. The monoisotopic (exact) mass is 471 g/mol. The fourth-order valence-corrected chi connectivity index (χ4v) is 4.66. The molecule has 1 fully saturated rings. The zero-order valence-electron chi connectivity index (χ0n) is 19.7. The summed E-state index contributed by atoms with van der Waals surface area (Å²) in [6.07, 6.45) is 4.29. The molecular formula is C28H29N3O2S. The van der Waals surface area contributed by atoms with E-state index in [9.17, 15) is 4.79 Å². The summed E-state index contributed by atoms with van der Waals surface area (Å²) in [5.74, 6) is 0.928. The van der Waals surface area contributed by atoms with Crippen molar-refractivity contribution in [1.29, 1.82) is 0 Å². The number of piperidine rings is 1. The molecule has 1 aliphatic heterocycles. The maximum atomic E-state index is 13.7. The van der Waals surface area contributed by atoms with E-state index in [4.69, 9.17) is 17.0 Å². The summed E-state index contributed by atoms with van der Waals surface area (Å²) < 4.78 is 5.30. The van der Waals surface area contributed by atoms with Crippen LogP contribution >= 0.6 is 12.2 Å². The quantitative estimate of drug-likeness (QED) is 0.398. The van der Waals surface area contributed by atoms with E-state index in [0.29, 0.717) is 23.7 Å². The first kappa shape index (κ1) is 23.6. The lowest BCUT2D eigenvalue weighted by molar-refractivity contribution is -0.128. The minimum absolute atomic E-state index is 0.121. The van der Waals surface area contributed by atoms with E-state index in [2.05, 4.69) is 15.2 Å². The van der Waals surface area contributed by atoms with Crippen LogP contribution in [0.5, 0.6) is 5.75 Å². The number of aromatic nitrogens is 1. The van der Waals surface area contributed by atoms with E-state index in [1.807, 2.05) is 92.7 Å². The number of para-hydroxylation sites is 1. The van der Waals surface area contributed by atoms with Gasteiger partial charge in [0.1, 0.15) is 5.75 Å². The van der Waals surface area contributed by atoms with Gasteiger partial charge in [-0.2, -0.15) is 0 Å². The fraction of sp³-hybridized carbons (Fsp3) is 0.250. The third-order valence-corrected chi connectivity index (χ3v) is 6.65. The number of anilines is 1. The maximum Gasteiger partial charge on any atom is 0.174 e. The van der Waals surface area contributed by atoms with Gasteiger partial charge in [-0.25, -0.2) is 0 Å². The third kappa shape index (κ3) is 5.18. The molecule has 2 aromatic carbocycles. The molecule has 1 aliphatic rings. The fourth-order valence-electron chi connectivity index (χ4n) is 4.35. The van der Waals surface area contributed by atoms with E-state index >= 15 is 0 Å². The van der Waals surface area contributed by atoms with Crippen LogP contribution in [0.3, 0.4) is 0 Å². The second kappa shape index (κ2) is 10.2. The molecule has 1 unspecified atom stereocenters. The second-order valence-corrected chi connectivity index (χ2v) is 9.35. The smallest absolute Gasteiger partial charge is 0.174 e. The lowest BCUT2D eigenvalue weighted by Crippen LogP contribution is -2.59. The van der Waals surface area contributed by atoms with Crippen LogP contribution in [0.4, 0.5) is 5.69 Å². The van der Waals surface area contributed by atoms with Crippen molar-refractivity contribution in [3.8, 4) is 5.75 Å². The van der Waals surface area contributed by atoms with Crippen LogP contribution < -0.4 is 10.1 Å². The molecule has 0 spiro atoms. The third-order valence-electron chi connectivity index (χ3n) is 6.31. The van der Waals surface area contributed by atoms with Crippen molar-refractivity contribution in [1.82, 2.24) is 9.88 Å². The number of hydrogen-bond donors (Lipinski definition) is 1. The second-order valence-electron chi connectivity index (χ2n) is 8.97. The Labute approximate surface area is 206 Å². The molecule has 1 atom stereocenters. The molecule has 174 valence electrons. The highest BCUT2D eigenvalue weighted by atomic mass is 32.1. The number of thiocarbonyl (C=S) groups is 1. The number of ether oxygens (including phenoxy) is 1. The molecule has 0 radical (unpaired) electrons. The van der Waals surface area contributed by atoms with Crippen LogP contribution in [0.1, 0.15) is 25.1 Å². The topological polar surface area (TPSA) is 54.5 Å². The first-order valence-electron chi connectivity index (χ1n) is 11.3. The molecule has 1 aromatic heterocycles. The van der Waals surface area contributed by atoms with Gasteiger partial charge in [0.15, 0.2) is 10.9 Å². The zero-order chi connectivity index (χ0) is 24.1. The first-order valence-corrected chi connectivity index (χ1v) is 11.7. The van der Waals surface area contributed by atoms with E-state index in [1.165, 1.54) is 0 Å². The van der Waals surface area contributed by atoms with E-state index in [0.717, 1.165) is 22.7 Å². The Morgan fingerprint density at radius 1 is 1.12 bits per heavy atom. The Morgan fingerprint density at radius 3 is 2.47 bits per heavy atom. The van der Waals surface area contributed by atoms with Gasteiger partial charge >= 0.3 is 0 Å². The number of nitrogens with one attached hydrogen (secondary N) is 1. The average molecular weight is 472 g/mol. The molecule has 0 amide bonds.